The van der Waals surface area contributed by atoms with Gasteiger partial charge in [-0.05, 0) is 30.7 Å². The Balaban J connectivity index is 3.12. The van der Waals surface area contributed by atoms with Gasteiger partial charge >= 0.3 is 5.97 Å². The molecule has 64 valence electrons. The number of rotatable bonds is 2. The van der Waals surface area contributed by atoms with Gasteiger partial charge < -0.3 is 10.5 Å². The maximum atomic E-state index is 10.6. The van der Waals surface area contributed by atoms with E-state index in [9.17, 15) is 4.79 Å². The predicted molar refractivity (Wildman–Crippen MR) is 45.9 cm³/mol. The van der Waals surface area contributed by atoms with Gasteiger partial charge in [0, 0.05) is 5.69 Å². The van der Waals surface area contributed by atoms with E-state index in [4.69, 9.17) is 10.9 Å². The van der Waals surface area contributed by atoms with Crippen LogP contribution >= 0.6 is 0 Å². The Kier molecular flexibility index (Phi) is 2.30. The maximum Gasteiger partial charge on any atom is 0.335 e. The van der Waals surface area contributed by atoms with Crippen molar-refractivity contribution in [1.29, 1.82) is 0 Å². The minimum absolute atomic E-state index is 0.300. The van der Waals surface area contributed by atoms with Crippen LogP contribution in [0.2, 0.25) is 0 Å². The number of carbonyl (C=O) groups is 1. The summed E-state index contributed by atoms with van der Waals surface area (Å²) in [6, 6.07) is 4.83. The van der Waals surface area contributed by atoms with Crippen molar-refractivity contribution in [3.63, 3.8) is 0 Å². The highest BCUT2D eigenvalue weighted by molar-refractivity contribution is 5.89. The largest absolute Gasteiger partial charge is 0.478 e. The molecule has 0 aliphatic heterocycles. The number of nitrogens with two attached hydrogens (primary N) is 1. The van der Waals surface area contributed by atoms with Gasteiger partial charge in [0.05, 0.1) is 5.56 Å². The quantitative estimate of drug-likeness (QED) is 0.452. The number of hydrogen-bond donors (Lipinski definition) is 3. The summed E-state index contributed by atoms with van der Waals surface area (Å²) in [5, 5.41) is 8.68. The molecule has 0 aromatic heterocycles. The predicted octanol–water partition coefficient (Wildman–Crippen LogP) is 0.979. The van der Waals surface area contributed by atoms with E-state index >= 15 is 0 Å². The van der Waals surface area contributed by atoms with Gasteiger partial charge in [-0.15, -0.1) is 0 Å². The van der Waals surface area contributed by atoms with Crippen LogP contribution in [0.4, 0.5) is 5.69 Å². The molecule has 4 nitrogen and oxygen atoms in total. The lowest BCUT2D eigenvalue weighted by Crippen LogP contribution is -2.08. The summed E-state index contributed by atoms with van der Waals surface area (Å²) < 4.78 is 0. The van der Waals surface area contributed by atoms with Crippen LogP contribution in [0.25, 0.3) is 0 Å². The van der Waals surface area contributed by atoms with Crippen LogP contribution in [-0.4, -0.2) is 11.1 Å². The highest BCUT2D eigenvalue weighted by atomic mass is 16.4. The Morgan fingerprint density at radius 2 is 2.25 bits per heavy atom. The summed E-state index contributed by atoms with van der Waals surface area (Å²) in [6.07, 6.45) is 0. The zero-order chi connectivity index (χ0) is 9.14. The van der Waals surface area contributed by atoms with Gasteiger partial charge in [0.1, 0.15) is 0 Å². The van der Waals surface area contributed by atoms with E-state index in [2.05, 4.69) is 5.43 Å². The summed E-state index contributed by atoms with van der Waals surface area (Å²) in [5.41, 5.74) is 4.14. The first kappa shape index (κ1) is 8.55. The number of carboxylic acid groups (broad SMARTS) is 1. The molecule has 0 spiro atoms. The van der Waals surface area contributed by atoms with Crippen molar-refractivity contribution in [2.75, 3.05) is 5.43 Å². The zero-order valence-corrected chi connectivity index (χ0v) is 6.66. The van der Waals surface area contributed by atoms with Crippen molar-refractivity contribution >= 4 is 11.7 Å². The second-order valence-corrected chi connectivity index (χ2v) is 2.48. The van der Waals surface area contributed by atoms with Crippen molar-refractivity contribution in [3.05, 3.63) is 29.3 Å². The number of carboxylic acids is 1. The van der Waals surface area contributed by atoms with Crippen LogP contribution < -0.4 is 11.3 Å². The molecular weight excluding hydrogens is 156 g/mol. The summed E-state index contributed by atoms with van der Waals surface area (Å²) in [4.78, 5) is 10.6. The van der Waals surface area contributed by atoms with E-state index in [0.717, 1.165) is 0 Å². The SMILES string of the molecule is Cc1cc(NN)ccc1C(=O)O. The fourth-order valence-electron chi connectivity index (χ4n) is 0.993. The van der Waals surface area contributed by atoms with E-state index in [1.807, 2.05) is 0 Å². The number of aryl methyl sites for hydroxylation is 1. The maximum absolute atomic E-state index is 10.6. The lowest BCUT2D eigenvalue weighted by molar-refractivity contribution is 0.0696. The topological polar surface area (TPSA) is 75.3 Å². The molecule has 12 heavy (non-hydrogen) atoms. The van der Waals surface area contributed by atoms with Gasteiger partial charge in [-0.2, -0.15) is 0 Å². The Morgan fingerprint density at radius 3 is 2.67 bits per heavy atom. The van der Waals surface area contributed by atoms with E-state index in [-0.39, 0.29) is 0 Å². The molecule has 0 aliphatic rings. The smallest absolute Gasteiger partial charge is 0.335 e. The Hall–Kier alpha value is -1.55. The fraction of sp³-hybridized carbons (Fsp3) is 0.125. The van der Waals surface area contributed by atoms with Crippen molar-refractivity contribution in [2.45, 2.75) is 6.92 Å². The number of hydrogen-bond acceptors (Lipinski definition) is 3. The van der Waals surface area contributed by atoms with Gasteiger partial charge in [0.15, 0.2) is 0 Å². The van der Waals surface area contributed by atoms with Gasteiger partial charge in [-0.3, -0.25) is 5.84 Å². The highest BCUT2D eigenvalue weighted by Crippen LogP contribution is 2.13. The second-order valence-electron chi connectivity index (χ2n) is 2.48. The monoisotopic (exact) mass is 166 g/mol. The summed E-state index contributed by atoms with van der Waals surface area (Å²) in [5.74, 6) is 4.23. The van der Waals surface area contributed by atoms with E-state index in [1.54, 1.807) is 19.1 Å². The Bertz CT molecular complexity index is 310. The van der Waals surface area contributed by atoms with Crippen molar-refractivity contribution in [2.24, 2.45) is 5.84 Å². The van der Waals surface area contributed by atoms with E-state index in [1.165, 1.54) is 6.07 Å². The molecule has 0 atom stereocenters. The molecule has 0 aliphatic carbocycles. The van der Waals surface area contributed by atoms with Crippen LogP contribution in [0.15, 0.2) is 18.2 Å². The average molecular weight is 166 g/mol. The fourth-order valence-corrected chi connectivity index (χ4v) is 0.993. The summed E-state index contributed by atoms with van der Waals surface area (Å²) in [7, 11) is 0. The van der Waals surface area contributed by atoms with E-state index in [0.29, 0.717) is 16.8 Å². The minimum Gasteiger partial charge on any atom is -0.478 e. The number of nitrogens with one attached hydrogen (secondary N) is 1. The molecule has 1 rings (SSSR count). The molecule has 4 N–H and O–H groups in total. The molecule has 0 heterocycles. The first-order valence-electron chi connectivity index (χ1n) is 3.45. The van der Waals surface area contributed by atoms with Gasteiger partial charge in [0.25, 0.3) is 0 Å². The highest BCUT2D eigenvalue weighted by Gasteiger charge is 2.05. The summed E-state index contributed by atoms with van der Waals surface area (Å²) in [6.45, 7) is 1.73. The normalized spacial score (nSPS) is 9.50. The third-order valence-corrected chi connectivity index (χ3v) is 1.62. The van der Waals surface area contributed by atoms with Crippen LogP contribution in [-0.2, 0) is 0 Å². The Labute approximate surface area is 70.0 Å². The van der Waals surface area contributed by atoms with Gasteiger partial charge in [-0.1, -0.05) is 0 Å². The second kappa shape index (κ2) is 3.23. The zero-order valence-electron chi connectivity index (χ0n) is 6.66. The third-order valence-electron chi connectivity index (χ3n) is 1.62. The Morgan fingerprint density at radius 1 is 1.58 bits per heavy atom. The standard InChI is InChI=1S/C8H10N2O2/c1-5-4-6(10-9)2-3-7(5)8(11)12/h2-4,10H,9H2,1H3,(H,11,12). The first-order chi connectivity index (χ1) is 5.65. The van der Waals surface area contributed by atoms with Crippen molar-refractivity contribution in [1.82, 2.24) is 0 Å². The molecule has 0 bridgehead atoms. The molecule has 4 heteroatoms. The van der Waals surface area contributed by atoms with Crippen LogP contribution in [0.3, 0.4) is 0 Å². The molecule has 1 aromatic rings. The van der Waals surface area contributed by atoms with Crippen molar-refractivity contribution < 1.29 is 9.90 Å². The van der Waals surface area contributed by atoms with Crippen molar-refractivity contribution in [3.8, 4) is 0 Å². The molecule has 0 radical (unpaired) electrons. The molecule has 0 fully saturated rings. The van der Waals surface area contributed by atoms with Gasteiger partial charge in [0.2, 0.25) is 0 Å². The minimum atomic E-state index is -0.920. The lowest BCUT2D eigenvalue weighted by Gasteiger charge is -2.03. The molecule has 0 unspecified atom stereocenters. The molecule has 0 amide bonds. The molecule has 1 aromatic carbocycles. The summed E-state index contributed by atoms with van der Waals surface area (Å²) >= 11 is 0. The van der Waals surface area contributed by atoms with Crippen LogP contribution in [0.1, 0.15) is 15.9 Å². The molecular formula is C8H10N2O2. The van der Waals surface area contributed by atoms with Crippen LogP contribution in [0, 0.1) is 6.92 Å². The number of aromatic carboxylic acids is 1. The number of hydrazine groups is 1. The molecule has 0 saturated carbocycles. The number of benzene rings is 1. The molecule has 0 saturated heterocycles. The van der Waals surface area contributed by atoms with Crippen LogP contribution in [0.5, 0.6) is 0 Å². The lowest BCUT2D eigenvalue weighted by atomic mass is 10.1. The average Bonchev–Trinajstić information content (AvgIpc) is 2.03. The number of anilines is 1. The third kappa shape index (κ3) is 1.54. The van der Waals surface area contributed by atoms with Gasteiger partial charge in [-0.25, -0.2) is 4.79 Å². The van der Waals surface area contributed by atoms with E-state index < -0.39 is 5.97 Å². The first-order valence-corrected chi connectivity index (χ1v) is 3.45. The number of nitrogen functional groups attached to an aromatic ring is 1.